The van der Waals surface area contributed by atoms with Crippen LogP contribution in [0.25, 0.3) is 0 Å². The van der Waals surface area contributed by atoms with E-state index < -0.39 is 0 Å². The molecule has 0 aliphatic rings. The highest BCUT2D eigenvalue weighted by atomic mass is 16.6. The van der Waals surface area contributed by atoms with Gasteiger partial charge in [-0.3, -0.25) is 9.82 Å². The molecule has 0 bridgehead atoms. The molecule has 1 unspecified atom stereocenters. The zero-order valence-corrected chi connectivity index (χ0v) is 6.19. The van der Waals surface area contributed by atoms with Crippen LogP contribution in [-0.4, -0.2) is 10.1 Å². The van der Waals surface area contributed by atoms with Gasteiger partial charge in [-0.05, 0) is 19.1 Å². The summed E-state index contributed by atoms with van der Waals surface area (Å²) < 4.78 is 0. The smallest absolute Gasteiger partial charge is 0.133 e. The van der Waals surface area contributed by atoms with E-state index in [0.717, 1.165) is 0 Å². The summed E-state index contributed by atoms with van der Waals surface area (Å²) in [5, 5.41) is 8.88. The van der Waals surface area contributed by atoms with Gasteiger partial charge in [0.25, 0.3) is 0 Å². The van der Waals surface area contributed by atoms with Gasteiger partial charge in [-0.25, -0.2) is 5.90 Å². The van der Waals surface area contributed by atoms with Crippen LogP contribution < -0.4 is 5.90 Å². The Bertz CT molecular complexity index is 222. The molecule has 1 heterocycles. The molecule has 0 saturated heterocycles. The lowest BCUT2D eigenvalue weighted by atomic mass is 10.2. The third-order valence-electron chi connectivity index (χ3n) is 1.39. The first-order chi connectivity index (χ1) is 5.24. The van der Waals surface area contributed by atoms with Gasteiger partial charge < -0.3 is 5.11 Å². The molecule has 4 heteroatoms. The zero-order valence-electron chi connectivity index (χ0n) is 6.19. The Morgan fingerprint density at radius 2 is 2.36 bits per heavy atom. The molecule has 0 radical (unpaired) electrons. The largest absolute Gasteiger partial charge is 0.506 e. The molecule has 1 rings (SSSR count). The summed E-state index contributed by atoms with van der Waals surface area (Å²) in [5.41, 5.74) is 0.699. The number of rotatable bonds is 2. The van der Waals surface area contributed by atoms with E-state index in [2.05, 4.69) is 9.82 Å². The number of hydrogen-bond acceptors (Lipinski definition) is 4. The van der Waals surface area contributed by atoms with Gasteiger partial charge in [-0.15, -0.1) is 0 Å². The highest BCUT2D eigenvalue weighted by Crippen LogP contribution is 2.14. The Balaban J connectivity index is 2.81. The number of aromatic hydroxyl groups is 1. The van der Waals surface area contributed by atoms with Crippen LogP contribution in [0.15, 0.2) is 18.3 Å². The van der Waals surface area contributed by atoms with E-state index in [1.807, 2.05) is 0 Å². The summed E-state index contributed by atoms with van der Waals surface area (Å²) >= 11 is 0. The molecular formula is C7H10N2O2. The van der Waals surface area contributed by atoms with Crippen LogP contribution in [0.2, 0.25) is 0 Å². The summed E-state index contributed by atoms with van der Waals surface area (Å²) in [5.74, 6) is 5.08. The minimum Gasteiger partial charge on any atom is -0.506 e. The molecule has 1 aromatic rings. The number of hydrogen-bond donors (Lipinski definition) is 2. The Labute approximate surface area is 64.6 Å². The Hall–Kier alpha value is -1.13. The quantitative estimate of drug-likeness (QED) is 0.616. The molecule has 11 heavy (non-hydrogen) atoms. The fraction of sp³-hybridized carbons (Fsp3) is 0.286. The monoisotopic (exact) mass is 154 g/mol. The van der Waals surface area contributed by atoms with Crippen molar-refractivity contribution >= 4 is 0 Å². The third kappa shape index (κ3) is 1.89. The minimum absolute atomic E-state index is 0.137. The first-order valence-corrected chi connectivity index (χ1v) is 3.24. The predicted molar refractivity (Wildman–Crippen MR) is 39.6 cm³/mol. The van der Waals surface area contributed by atoms with Gasteiger partial charge in [0.05, 0.1) is 11.9 Å². The first kappa shape index (κ1) is 7.97. The van der Waals surface area contributed by atoms with Gasteiger partial charge in [0, 0.05) is 0 Å². The molecule has 4 nitrogen and oxygen atoms in total. The van der Waals surface area contributed by atoms with Crippen molar-refractivity contribution in [3.8, 4) is 5.75 Å². The second-order valence-electron chi connectivity index (χ2n) is 2.22. The lowest BCUT2D eigenvalue weighted by Crippen LogP contribution is -2.06. The second kappa shape index (κ2) is 3.32. The van der Waals surface area contributed by atoms with Crippen LogP contribution in [0.4, 0.5) is 0 Å². The van der Waals surface area contributed by atoms with Crippen LogP contribution in [-0.2, 0) is 4.84 Å². The van der Waals surface area contributed by atoms with Crippen molar-refractivity contribution in [3.63, 3.8) is 0 Å². The van der Waals surface area contributed by atoms with Gasteiger partial charge in [0.2, 0.25) is 0 Å². The fourth-order valence-corrected chi connectivity index (χ4v) is 0.708. The maximum Gasteiger partial charge on any atom is 0.133 e. The molecule has 0 aromatic carbocycles. The van der Waals surface area contributed by atoms with Crippen molar-refractivity contribution in [1.82, 2.24) is 4.98 Å². The van der Waals surface area contributed by atoms with Gasteiger partial charge in [-0.2, -0.15) is 0 Å². The molecular weight excluding hydrogens is 144 g/mol. The average molecular weight is 154 g/mol. The van der Waals surface area contributed by atoms with Gasteiger partial charge in [-0.1, -0.05) is 0 Å². The zero-order chi connectivity index (χ0) is 8.27. The Kier molecular flexibility index (Phi) is 2.40. The number of nitrogens with two attached hydrogens (primary N) is 1. The predicted octanol–water partition coefficient (Wildman–Crippen LogP) is 0.739. The van der Waals surface area contributed by atoms with Crippen molar-refractivity contribution in [2.45, 2.75) is 13.0 Å². The number of nitrogens with zero attached hydrogens (tertiary/aromatic N) is 1. The Morgan fingerprint density at radius 3 is 2.82 bits per heavy atom. The van der Waals surface area contributed by atoms with E-state index in [0.29, 0.717) is 5.69 Å². The fourth-order valence-electron chi connectivity index (χ4n) is 0.708. The second-order valence-corrected chi connectivity index (χ2v) is 2.22. The van der Waals surface area contributed by atoms with Crippen molar-refractivity contribution in [1.29, 1.82) is 0 Å². The maximum atomic E-state index is 8.88. The van der Waals surface area contributed by atoms with E-state index in [1.165, 1.54) is 12.3 Å². The van der Waals surface area contributed by atoms with Gasteiger partial charge in [0.15, 0.2) is 0 Å². The van der Waals surface area contributed by atoms with Gasteiger partial charge in [0.1, 0.15) is 11.9 Å². The Morgan fingerprint density at radius 1 is 1.64 bits per heavy atom. The molecule has 0 aliphatic heterocycles. The third-order valence-corrected chi connectivity index (χ3v) is 1.39. The normalized spacial score (nSPS) is 12.9. The van der Waals surface area contributed by atoms with Crippen LogP contribution in [0, 0.1) is 0 Å². The van der Waals surface area contributed by atoms with Crippen molar-refractivity contribution in [3.05, 3.63) is 24.0 Å². The van der Waals surface area contributed by atoms with Crippen LogP contribution in [0.5, 0.6) is 5.75 Å². The molecule has 0 aliphatic carbocycles. The topological polar surface area (TPSA) is 68.4 Å². The van der Waals surface area contributed by atoms with E-state index in [1.54, 1.807) is 13.0 Å². The average Bonchev–Trinajstić information content (AvgIpc) is 2.05. The number of pyridine rings is 1. The SMILES string of the molecule is CC(ON)c1ccc(O)cn1. The molecule has 0 fully saturated rings. The van der Waals surface area contributed by atoms with E-state index in [9.17, 15) is 0 Å². The van der Waals surface area contributed by atoms with Crippen LogP contribution >= 0.6 is 0 Å². The minimum atomic E-state index is -0.240. The van der Waals surface area contributed by atoms with E-state index in [-0.39, 0.29) is 11.9 Å². The molecule has 0 amide bonds. The summed E-state index contributed by atoms with van der Waals surface area (Å²) in [6, 6.07) is 3.20. The molecule has 1 aromatic heterocycles. The highest BCUT2D eigenvalue weighted by Gasteiger charge is 2.04. The highest BCUT2D eigenvalue weighted by molar-refractivity contribution is 5.18. The molecule has 60 valence electrons. The molecule has 3 N–H and O–H groups in total. The summed E-state index contributed by atoms with van der Waals surface area (Å²) in [7, 11) is 0. The first-order valence-electron chi connectivity index (χ1n) is 3.24. The molecule has 1 atom stereocenters. The van der Waals surface area contributed by atoms with Crippen molar-refractivity contribution in [2.75, 3.05) is 0 Å². The maximum absolute atomic E-state index is 8.88. The standard InChI is InChI=1S/C7H10N2O2/c1-5(11-8)7-3-2-6(10)4-9-7/h2-5,10H,8H2,1H3. The van der Waals surface area contributed by atoms with Crippen LogP contribution in [0.1, 0.15) is 18.7 Å². The molecule has 0 spiro atoms. The van der Waals surface area contributed by atoms with Gasteiger partial charge >= 0.3 is 0 Å². The lowest BCUT2D eigenvalue weighted by Gasteiger charge is -2.06. The summed E-state index contributed by atoms with van der Waals surface area (Å²) in [6.07, 6.45) is 1.11. The van der Waals surface area contributed by atoms with Crippen LogP contribution in [0.3, 0.4) is 0 Å². The summed E-state index contributed by atoms with van der Waals surface area (Å²) in [4.78, 5) is 8.43. The van der Waals surface area contributed by atoms with E-state index >= 15 is 0 Å². The van der Waals surface area contributed by atoms with Crippen molar-refractivity contribution in [2.24, 2.45) is 5.90 Å². The van der Waals surface area contributed by atoms with E-state index in [4.69, 9.17) is 11.0 Å². The summed E-state index contributed by atoms with van der Waals surface area (Å²) in [6.45, 7) is 1.78. The lowest BCUT2D eigenvalue weighted by molar-refractivity contribution is 0.0634. The number of aromatic nitrogens is 1. The van der Waals surface area contributed by atoms with Crippen molar-refractivity contribution < 1.29 is 9.94 Å². The molecule has 0 saturated carbocycles.